The molecule has 0 amide bonds. The summed E-state index contributed by atoms with van der Waals surface area (Å²) >= 11 is 0. The Hall–Kier alpha value is -3.03. The zero-order valence-electron chi connectivity index (χ0n) is 10.1. The Balaban J connectivity index is 1.66. The fourth-order valence-electron chi connectivity index (χ4n) is 1.94. The number of benzene rings is 1. The summed E-state index contributed by atoms with van der Waals surface area (Å²) in [4.78, 5) is 8.20. The van der Waals surface area contributed by atoms with Crippen molar-refractivity contribution in [1.29, 1.82) is 0 Å². The van der Waals surface area contributed by atoms with Crippen molar-refractivity contribution in [1.82, 2.24) is 30.5 Å². The van der Waals surface area contributed by atoms with Gasteiger partial charge in [-0.15, -0.1) is 0 Å². The van der Waals surface area contributed by atoms with Crippen LogP contribution in [0.4, 0.5) is 0 Å². The summed E-state index contributed by atoms with van der Waals surface area (Å²) in [6.45, 7) is 0. The van der Waals surface area contributed by atoms with Gasteiger partial charge in [0.15, 0.2) is 11.4 Å². The van der Waals surface area contributed by atoms with Gasteiger partial charge in [0.25, 0.3) is 0 Å². The Bertz CT molecular complexity index is 848. The van der Waals surface area contributed by atoms with E-state index < -0.39 is 0 Å². The van der Waals surface area contributed by atoms with Crippen LogP contribution in [0.1, 0.15) is 11.6 Å². The van der Waals surface area contributed by atoms with Crippen molar-refractivity contribution in [3.63, 3.8) is 0 Å². The highest BCUT2D eigenvalue weighted by atomic mass is 16.5. The first kappa shape index (κ1) is 10.9. The van der Waals surface area contributed by atoms with Gasteiger partial charge in [-0.2, -0.15) is 10.1 Å². The highest BCUT2D eigenvalue weighted by Crippen LogP contribution is 2.20. The van der Waals surface area contributed by atoms with E-state index in [-0.39, 0.29) is 0 Å². The third kappa shape index (κ3) is 1.74. The monoisotopic (exact) mass is 268 g/mol. The van der Waals surface area contributed by atoms with E-state index in [1.807, 2.05) is 24.3 Å². The summed E-state index contributed by atoms with van der Waals surface area (Å²) in [6.07, 6.45) is 1.79. The Morgan fingerprint density at radius 2 is 2.05 bits per heavy atom. The SMILES string of the molecule is c1ccc2c(Cc3nc(-c4ncn[nH]4)no3)noc2c1. The Morgan fingerprint density at radius 3 is 2.95 bits per heavy atom. The average Bonchev–Trinajstić information content (AvgIpc) is 3.19. The molecule has 0 aliphatic rings. The summed E-state index contributed by atoms with van der Waals surface area (Å²) in [5.41, 5.74) is 1.49. The van der Waals surface area contributed by atoms with E-state index in [9.17, 15) is 0 Å². The predicted octanol–water partition coefficient (Wildman–Crippen LogP) is 1.59. The lowest BCUT2D eigenvalue weighted by atomic mass is 10.2. The summed E-state index contributed by atoms with van der Waals surface area (Å²) in [5, 5.41) is 15.2. The lowest BCUT2D eigenvalue weighted by molar-refractivity contribution is 0.380. The molecule has 0 aliphatic carbocycles. The van der Waals surface area contributed by atoms with Crippen LogP contribution in [-0.4, -0.2) is 30.5 Å². The molecule has 3 aromatic heterocycles. The van der Waals surface area contributed by atoms with Crippen LogP contribution in [0, 0.1) is 0 Å². The minimum absolute atomic E-state index is 0.366. The van der Waals surface area contributed by atoms with Gasteiger partial charge in [-0.05, 0) is 12.1 Å². The molecule has 0 aliphatic heterocycles. The van der Waals surface area contributed by atoms with Crippen LogP contribution >= 0.6 is 0 Å². The second-order valence-electron chi connectivity index (χ2n) is 4.15. The van der Waals surface area contributed by atoms with Crippen molar-refractivity contribution in [2.75, 3.05) is 0 Å². The minimum atomic E-state index is 0.366. The fraction of sp³-hybridized carbons (Fsp3) is 0.0833. The average molecular weight is 268 g/mol. The van der Waals surface area contributed by atoms with Gasteiger partial charge in [-0.25, -0.2) is 4.98 Å². The van der Waals surface area contributed by atoms with Crippen LogP contribution in [-0.2, 0) is 6.42 Å². The maximum absolute atomic E-state index is 5.23. The number of fused-ring (bicyclic) bond motifs is 1. The quantitative estimate of drug-likeness (QED) is 0.601. The van der Waals surface area contributed by atoms with Crippen molar-refractivity contribution >= 4 is 11.0 Å². The second kappa shape index (κ2) is 4.26. The van der Waals surface area contributed by atoms with E-state index in [0.29, 0.717) is 24.0 Å². The number of hydrogen-bond donors (Lipinski definition) is 1. The smallest absolute Gasteiger partial charge is 0.239 e. The minimum Gasteiger partial charge on any atom is -0.356 e. The molecule has 8 nitrogen and oxygen atoms in total. The van der Waals surface area contributed by atoms with E-state index in [4.69, 9.17) is 9.05 Å². The highest BCUT2D eigenvalue weighted by Gasteiger charge is 2.15. The molecule has 0 saturated carbocycles. The molecule has 20 heavy (non-hydrogen) atoms. The van der Waals surface area contributed by atoms with Gasteiger partial charge in [0.2, 0.25) is 11.7 Å². The molecular weight excluding hydrogens is 260 g/mol. The molecule has 0 bridgehead atoms. The van der Waals surface area contributed by atoms with E-state index in [1.165, 1.54) is 6.33 Å². The molecule has 8 heteroatoms. The number of aromatic amines is 1. The molecule has 0 radical (unpaired) electrons. The number of aromatic nitrogens is 6. The molecule has 4 aromatic rings. The number of nitrogens with one attached hydrogen (secondary N) is 1. The highest BCUT2D eigenvalue weighted by molar-refractivity contribution is 5.79. The van der Waals surface area contributed by atoms with Crippen LogP contribution in [0.2, 0.25) is 0 Å². The van der Waals surface area contributed by atoms with Gasteiger partial charge in [0.1, 0.15) is 12.0 Å². The number of nitrogens with zero attached hydrogens (tertiary/aromatic N) is 5. The van der Waals surface area contributed by atoms with Gasteiger partial charge in [0, 0.05) is 5.39 Å². The molecule has 0 spiro atoms. The van der Waals surface area contributed by atoms with Gasteiger partial charge in [-0.1, -0.05) is 22.4 Å². The fourth-order valence-corrected chi connectivity index (χ4v) is 1.94. The molecule has 1 aromatic carbocycles. The topological polar surface area (TPSA) is 107 Å². The largest absolute Gasteiger partial charge is 0.356 e. The summed E-state index contributed by atoms with van der Waals surface area (Å²) in [5.74, 6) is 1.27. The summed E-state index contributed by atoms with van der Waals surface area (Å²) in [6, 6.07) is 7.62. The van der Waals surface area contributed by atoms with Gasteiger partial charge in [0.05, 0.1) is 6.42 Å². The van der Waals surface area contributed by atoms with E-state index in [2.05, 4.69) is 30.5 Å². The van der Waals surface area contributed by atoms with E-state index in [0.717, 1.165) is 16.7 Å². The molecule has 1 N–H and O–H groups in total. The van der Waals surface area contributed by atoms with Crippen LogP contribution < -0.4 is 0 Å². The molecular formula is C12H8N6O2. The first-order chi connectivity index (χ1) is 9.90. The molecule has 0 fully saturated rings. The van der Waals surface area contributed by atoms with E-state index in [1.54, 1.807) is 0 Å². The third-order valence-corrected chi connectivity index (χ3v) is 2.87. The summed E-state index contributed by atoms with van der Waals surface area (Å²) < 4.78 is 10.4. The van der Waals surface area contributed by atoms with Crippen LogP contribution in [0.3, 0.4) is 0 Å². The van der Waals surface area contributed by atoms with Gasteiger partial charge < -0.3 is 9.05 Å². The lowest BCUT2D eigenvalue weighted by Gasteiger charge is -1.89. The van der Waals surface area contributed by atoms with Crippen LogP contribution in [0.5, 0.6) is 0 Å². The number of H-pyrrole nitrogens is 1. The first-order valence-corrected chi connectivity index (χ1v) is 5.92. The maximum atomic E-state index is 5.23. The Kier molecular flexibility index (Phi) is 2.31. The molecule has 98 valence electrons. The van der Waals surface area contributed by atoms with E-state index >= 15 is 0 Å². The lowest BCUT2D eigenvalue weighted by Crippen LogP contribution is -1.90. The molecule has 0 atom stereocenters. The maximum Gasteiger partial charge on any atom is 0.239 e. The molecule has 4 rings (SSSR count). The number of para-hydroxylation sites is 1. The van der Waals surface area contributed by atoms with Crippen molar-refractivity contribution in [2.45, 2.75) is 6.42 Å². The van der Waals surface area contributed by atoms with Crippen molar-refractivity contribution < 1.29 is 9.05 Å². The van der Waals surface area contributed by atoms with Gasteiger partial charge in [-0.3, -0.25) is 5.10 Å². The van der Waals surface area contributed by atoms with Crippen molar-refractivity contribution in [3.05, 3.63) is 42.2 Å². The predicted molar refractivity (Wildman–Crippen MR) is 66.5 cm³/mol. The van der Waals surface area contributed by atoms with Crippen molar-refractivity contribution in [2.24, 2.45) is 0 Å². The second-order valence-corrected chi connectivity index (χ2v) is 4.15. The standard InChI is InChI=1S/C12H8N6O2/c1-2-4-9-7(3-1)8(17-19-9)5-10-15-12(18-20-10)11-13-6-14-16-11/h1-4,6H,5H2,(H,13,14,16). The third-order valence-electron chi connectivity index (χ3n) is 2.87. The van der Waals surface area contributed by atoms with Crippen LogP contribution in [0.15, 0.2) is 39.6 Å². The normalized spacial score (nSPS) is 11.2. The van der Waals surface area contributed by atoms with Crippen LogP contribution in [0.25, 0.3) is 22.6 Å². The first-order valence-electron chi connectivity index (χ1n) is 5.92. The number of rotatable bonds is 3. The zero-order chi connectivity index (χ0) is 13.4. The molecule has 3 heterocycles. The summed E-state index contributed by atoms with van der Waals surface area (Å²) in [7, 11) is 0. The molecule has 0 unspecified atom stereocenters. The Morgan fingerprint density at radius 1 is 1.10 bits per heavy atom. The Labute approximate surface area is 111 Å². The number of hydrogen-bond acceptors (Lipinski definition) is 7. The van der Waals surface area contributed by atoms with Gasteiger partial charge >= 0.3 is 0 Å². The van der Waals surface area contributed by atoms with Crippen molar-refractivity contribution in [3.8, 4) is 11.6 Å². The molecule has 0 saturated heterocycles. The zero-order valence-corrected chi connectivity index (χ0v) is 10.1.